The normalized spacial score (nSPS) is 21.8. The highest BCUT2D eigenvalue weighted by atomic mass is 15.3. The van der Waals surface area contributed by atoms with Crippen LogP contribution in [0.4, 0.5) is 0 Å². The molecule has 0 aromatic carbocycles. The van der Waals surface area contributed by atoms with Gasteiger partial charge in [0, 0.05) is 45.0 Å². The summed E-state index contributed by atoms with van der Waals surface area (Å²) in [6, 6.07) is 0.594. The number of aliphatic imine (C=N–C) groups is 1. The minimum Gasteiger partial charge on any atom is -0.353 e. The number of nitrogens with zero attached hydrogens (tertiary/aromatic N) is 4. The van der Waals surface area contributed by atoms with Gasteiger partial charge in [-0.25, -0.2) is 0 Å². The molecule has 118 valence electrons. The molecule has 1 N–H and O–H groups in total. The standard InChI is InChI=1S/C16H29N5/c1-7-17-16(18-14-8-12(14)4)20(5)9-13-10-21(6)19-15(13)11(2)3/h10-12,14H,7-9H2,1-6H3,(H,17,18). The van der Waals surface area contributed by atoms with Crippen LogP contribution in [-0.2, 0) is 13.6 Å². The third-order valence-electron chi connectivity index (χ3n) is 3.98. The van der Waals surface area contributed by atoms with Gasteiger partial charge in [-0.2, -0.15) is 5.10 Å². The number of rotatable bonds is 5. The number of guanidine groups is 1. The van der Waals surface area contributed by atoms with Gasteiger partial charge in [-0.1, -0.05) is 20.8 Å². The molecule has 1 fully saturated rings. The number of hydrogen-bond donors (Lipinski definition) is 1. The van der Waals surface area contributed by atoms with Crippen molar-refractivity contribution < 1.29 is 0 Å². The molecule has 2 unspecified atom stereocenters. The lowest BCUT2D eigenvalue weighted by Gasteiger charge is -2.23. The van der Waals surface area contributed by atoms with Crippen LogP contribution in [0.1, 0.15) is 51.3 Å². The number of nitrogens with one attached hydrogen (secondary N) is 1. The molecule has 1 aromatic heterocycles. The van der Waals surface area contributed by atoms with E-state index < -0.39 is 0 Å². The Morgan fingerprint density at radius 2 is 2.24 bits per heavy atom. The molecule has 1 aliphatic carbocycles. The van der Waals surface area contributed by atoms with Gasteiger partial charge in [0.1, 0.15) is 0 Å². The monoisotopic (exact) mass is 291 g/mol. The summed E-state index contributed by atoms with van der Waals surface area (Å²) >= 11 is 0. The summed E-state index contributed by atoms with van der Waals surface area (Å²) in [5.41, 5.74) is 2.46. The van der Waals surface area contributed by atoms with E-state index in [9.17, 15) is 0 Å². The Morgan fingerprint density at radius 3 is 2.76 bits per heavy atom. The van der Waals surface area contributed by atoms with Crippen molar-refractivity contribution in [1.82, 2.24) is 20.0 Å². The third kappa shape index (κ3) is 3.99. The SMILES string of the molecule is CCN=C(NC1CC1C)N(C)Cc1cn(C)nc1C(C)C. The van der Waals surface area contributed by atoms with Crippen LogP contribution in [-0.4, -0.2) is 40.3 Å². The maximum Gasteiger partial charge on any atom is 0.194 e. The van der Waals surface area contributed by atoms with E-state index in [1.165, 1.54) is 17.7 Å². The van der Waals surface area contributed by atoms with E-state index in [0.29, 0.717) is 12.0 Å². The Balaban J connectivity index is 2.07. The molecule has 5 heteroatoms. The van der Waals surface area contributed by atoms with Gasteiger partial charge in [0.15, 0.2) is 5.96 Å². The van der Waals surface area contributed by atoms with E-state index in [4.69, 9.17) is 0 Å². The van der Waals surface area contributed by atoms with Crippen molar-refractivity contribution in [2.75, 3.05) is 13.6 Å². The van der Waals surface area contributed by atoms with Crippen molar-refractivity contribution in [2.45, 2.75) is 52.6 Å². The van der Waals surface area contributed by atoms with E-state index in [-0.39, 0.29) is 0 Å². The summed E-state index contributed by atoms with van der Waals surface area (Å²) in [5.74, 6) is 2.22. The van der Waals surface area contributed by atoms with Gasteiger partial charge in [0.2, 0.25) is 0 Å². The van der Waals surface area contributed by atoms with Gasteiger partial charge in [-0.05, 0) is 25.2 Å². The highest BCUT2D eigenvalue weighted by Crippen LogP contribution is 2.29. The van der Waals surface area contributed by atoms with Crippen LogP contribution in [0.25, 0.3) is 0 Å². The van der Waals surface area contributed by atoms with E-state index in [1.807, 2.05) is 11.7 Å². The fourth-order valence-electron chi connectivity index (χ4n) is 2.61. The lowest BCUT2D eigenvalue weighted by Crippen LogP contribution is -2.40. The van der Waals surface area contributed by atoms with Crippen molar-refractivity contribution in [1.29, 1.82) is 0 Å². The molecule has 0 spiro atoms. The lowest BCUT2D eigenvalue weighted by molar-refractivity contribution is 0.470. The van der Waals surface area contributed by atoms with Crippen molar-refractivity contribution in [3.63, 3.8) is 0 Å². The Hall–Kier alpha value is -1.52. The fraction of sp³-hybridized carbons (Fsp3) is 0.750. The molecule has 1 aromatic rings. The Kier molecular flexibility index (Phi) is 4.91. The van der Waals surface area contributed by atoms with Crippen LogP contribution in [0, 0.1) is 5.92 Å². The van der Waals surface area contributed by atoms with Gasteiger partial charge in [0.05, 0.1) is 5.69 Å². The number of hydrogen-bond acceptors (Lipinski definition) is 2. The topological polar surface area (TPSA) is 45.5 Å². The third-order valence-corrected chi connectivity index (χ3v) is 3.98. The predicted octanol–water partition coefficient (Wildman–Crippen LogP) is 2.35. The second kappa shape index (κ2) is 6.50. The Morgan fingerprint density at radius 1 is 1.57 bits per heavy atom. The summed E-state index contributed by atoms with van der Waals surface area (Å²) in [6.07, 6.45) is 3.37. The molecule has 21 heavy (non-hydrogen) atoms. The molecule has 1 heterocycles. The number of aromatic nitrogens is 2. The molecule has 0 bridgehead atoms. The molecule has 1 aliphatic rings. The summed E-state index contributed by atoms with van der Waals surface area (Å²) in [6.45, 7) is 10.4. The largest absolute Gasteiger partial charge is 0.353 e. The molecule has 2 atom stereocenters. The molecule has 5 nitrogen and oxygen atoms in total. The quantitative estimate of drug-likeness (QED) is 0.669. The number of aryl methyl sites for hydroxylation is 1. The fourth-order valence-corrected chi connectivity index (χ4v) is 2.61. The van der Waals surface area contributed by atoms with Crippen LogP contribution in [0.3, 0.4) is 0 Å². The van der Waals surface area contributed by atoms with E-state index in [0.717, 1.165) is 25.0 Å². The molecule has 0 saturated heterocycles. The summed E-state index contributed by atoms with van der Waals surface area (Å²) in [7, 11) is 4.09. The van der Waals surface area contributed by atoms with E-state index in [1.54, 1.807) is 0 Å². The zero-order chi connectivity index (χ0) is 15.6. The highest BCUT2D eigenvalue weighted by molar-refractivity contribution is 5.80. The summed E-state index contributed by atoms with van der Waals surface area (Å²) in [5, 5.41) is 8.15. The molecule has 2 rings (SSSR count). The van der Waals surface area contributed by atoms with Gasteiger partial charge >= 0.3 is 0 Å². The maximum atomic E-state index is 4.62. The first kappa shape index (κ1) is 15.9. The van der Waals surface area contributed by atoms with Gasteiger partial charge in [-0.15, -0.1) is 0 Å². The molecular formula is C16H29N5. The minimum absolute atomic E-state index is 0.442. The first-order valence-corrected chi connectivity index (χ1v) is 7.96. The second-order valence-corrected chi connectivity index (χ2v) is 6.49. The average Bonchev–Trinajstić information content (AvgIpc) is 2.96. The average molecular weight is 291 g/mol. The summed E-state index contributed by atoms with van der Waals surface area (Å²) in [4.78, 5) is 6.83. The van der Waals surface area contributed by atoms with E-state index in [2.05, 4.69) is 61.2 Å². The summed E-state index contributed by atoms with van der Waals surface area (Å²) < 4.78 is 1.91. The maximum absolute atomic E-state index is 4.62. The first-order chi connectivity index (χ1) is 9.92. The second-order valence-electron chi connectivity index (χ2n) is 6.49. The predicted molar refractivity (Wildman–Crippen MR) is 87.4 cm³/mol. The zero-order valence-corrected chi connectivity index (χ0v) is 14.2. The lowest BCUT2D eigenvalue weighted by atomic mass is 10.1. The Bertz CT molecular complexity index is 503. The molecule has 1 saturated carbocycles. The van der Waals surface area contributed by atoms with Crippen molar-refractivity contribution in [3.05, 3.63) is 17.5 Å². The molecule has 0 radical (unpaired) electrons. The van der Waals surface area contributed by atoms with Gasteiger partial charge in [0.25, 0.3) is 0 Å². The van der Waals surface area contributed by atoms with Crippen LogP contribution in [0.15, 0.2) is 11.2 Å². The molecule has 0 aliphatic heterocycles. The van der Waals surface area contributed by atoms with E-state index >= 15 is 0 Å². The van der Waals surface area contributed by atoms with Gasteiger partial charge in [-0.3, -0.25) is 9.67 Å². The molecular weight excluding hydrogens is 262 g/mol. The Labute approximate surface area is 128 Å². The van der Waals surface area contributed by atoms with Gasteiger partial charge < -0.3 is 10.2 Å². The minimum atomic E-state index is 0.442. The molecule has 0 amide bonds. The van der Waals surface area contributed by atoms with Crippen LogP contribution in [0.5, 0.6) is 0 Å². The van der Waals surface area contributed by atoms with Crippen molar-refractivity contribution in [3.8, 4) is 0 Å². The van der Waals surface area contributed by atoms with Crippen molar-refractivity contribution >= 4 is 5.96 Å². The van der Waals surface area contributed by atoms with Crippen LogP contribution in [0.2, 0.25) is 0 Å². The van der Waals surface area contributed by atoms with Crippen molar-refractivity contribution in [2.24, 2.45) is 18.0 Å². The van der Waals surface area contributed by atoms with Crippen LogP contribution < -0.4 is 5.32 Å². The first-order valence-electron chi connectivity index (χ1n) is 7.96. The highest BCUT2D eigenvalue weighted by Gasteiger charge is 2.33. The zero-order valence-electron chi connectivity index (χ0n) is 14.2. The smallest absolute Gasteiger partial charge is 0.194 e. The van der Waals surface area contributed by atoms with Crippen LogP contribution >= 0.6 is 0 Å².